The predicted octanol–water partition coefficient (Wildman–Crippen LogP) is 3.11. The fourth-order valence-corrected chi connectivity index (χ4v) is 5.54. The van der Waals surface area contributed by atoms with Crippen LogP contribution < -0.4 is 0 Å². The summed E-state index contributed by atoms with van der Waals surface area (Å²) in [7, 11) is -3.63. The number of nitrogens with zero attached hydrogens (tertiary/aromatic N) is 2. The van der Waals surface area contributed by atoms with Crippen molar-refractivity contribution >= 4 is 10.0 Å². The standard InChI is InChI=1S/C19H29F3N2O3S/c1-13-14(2)16(4)18(17(5)15(13)3)28(25,26)24-8-6-23(7-9-24)10-11-27-12-19(20,21)22/h6-12H2,1-5H3. The minimum atomic E-state index is -4.33. The summed E-state index contributed by atoms with van der Waals surface area (Å²) in [5.74, 6) is 0. The zero-order valence-corrected chi connectivity index (χ0v) is 17.9. The highest BCUT2D eigenvalue weighted by Crippen LogP contribution is 2.31. The fourth-order valence-electron chi connectivity index (χ4n) is 3.56. The van der Waals surface area contributed by atoms with Crippen LogP contribution in [0.5, 0.6) is 0 Å². The molecule has 1 aliphatic heterocycles. The Bertz CT molecular complexity index is 786. The van der Waals surface area contributed by atoms with Crippen LogP contribution >= 0.6 is 0 Å². The monoisotopic (exact) mass is 422 g/mol. The Morgan fingerprint density at radius 2 is 1.32 bits per heavy atom. The first-order chi connectivity index (χ1) is 12.9. The highest BCUT2D eigenvalue weighted by molar-refractivity contribution is 7.89. The van der Waals surface area contributed by atoms with Gasteiger partial charge in [0.25, 0.3) is 0 Å². The topological polar surface area (TPSA) is 49.9 Å². The lowest BCUT2D eigenvalue weighted by atomic mass is 9.95. The van der Waals surface area contributed by atoms with Crippen LogP contribution in [0.15, 0.2) is 4.90 Å². The van der Waals surface area contributed by atoms with E-state index >= 15 is 0 Å². The minimum absolute atomic E-state index is 0.0270. The van der Waals surface area contributed by atoms with Gasteiger partial charge in [-0.1, -0.05) is 0 Å². The van der Waals surface area contributed by atoms with E-state index in [4.69, 9.17) is 0 Å². The molecule has 5 nitrogen and oxygen atoms in total. The Kier molecular flexibility index (Phi) is 7.17. The summed E-state index contributed by atoms with van der Waals surface area (Å²) in [6, 6.07) is 0. The molecule has 1 heterocycles. The summed E-state index contributed by atoms with van der Waals surface area (Å²) in [5.41, 5.74) is 4.65. The number of hydrogen-bond donors (Lipinski definition) is 0. The Hall–Kier alpha value is -1.16. The van der Waals surface area contributed by atoms with Crippen molar-refractivity contribution in [1.29, 1.82) is 0 Å². The van der Waals surface area contributed by atoms with Gasteiger partial charge in [0.15, 0.2) is 0 Å². The minimum Gasteiger partial charge on any atom is -0.371 e. The molecule has 0 atom stereocenters. The first-order valence-corrected chi connectivity index (χ1v) is 10.7. The van der Waals surface area contributed by atoms with Crippen molar-refractivity contribution in [1.82, 2.24) is 9.21 Å². The summed E-state index contributed by atoms with van der Waals surface area (Å²) >= 11 is 0. The number of hydrogen-bond acceptors (Lipinski definition) is 4. The molecule has 0 N–H and O–H groups in total. The summed E-state index contributed by atoms with van der Waals surface area (Å²) < 4.78 is 69.0. The van der Waals surface area contributed by atoms with Gasteiger partial charge in [0.2, 0.25) is 10.0 Å². The van der Waals surface area contributed by atoms with E-state index in [9.17, 15) is 21.6 Å². The molecule has 1 aromatic rings. The second-order valence-electron chi connectivity index (χ2n) is 7.37. The molecule has 9 heteroatoms. The number of sulfonamides is 1. The van der Waals surface area contributed by atoms with E-state index in [-0.39, 0.29) is 6.61 Å². The van der Waals surface area contributed by atoms with Gasteiger partial charge in [-0.2, -0.15) is 17.5 Å². The summed E-state index contributed by atoms with van der Waals surface area (Å²) in [6.07, 6.45) is -4.33. The number of halogens is 3. The smallest absolute Gasteiger partial charge is 0.371 e. The quantitative estimate of drug-likeness (QED) is 0.661. The number of alkyl halides is 3. The fraction of sp³-hybridized carbons (Fsp3) is 0.684. The van der Waals surface area contributed by atoms with Crippen LogP contribution in [0.25, 0.3) is 0 Å². The van der Waals surface area contributed by atoms with Gasteiger partial charge in [-0.3, -0.25) is 4.90 Å². The lowest BCUT2D eigenvalue weighted by molar-refractivity contribution is -0.174. The van der Waals surface area contributed by atoms with E-state index in [1.807, 2.05) is 39.5 Å². The average molecular weight is 423 g/mol. The molecular formula is C19H29F3N2O3S. The van der Waals surface area contributed by atoms with Crippen molar-refractivity contribution in [2.24, 2.45) is 0 Å². The normalized spacial score (nSPS) is 17.3. The molecule has 0 spiro atoms. The van der Waals surface area contributed by atoms with Gasteiger partial charge in [-0.25, -0.2) is 8.42 Å². The van der Waals surface area contributed by atoms with Gasteiger partial charge >= 0.3 is 6.18 Å². The maximum Gasteiger partial charge on any atom is 0.411 e. The first kappa shape index (κ1) is 23.1. The molecule has 0 radical (unpaired) electrons. The average Bonchev–Trinajstić information content (AvgIpc) is 2.61. The molecule has 28 heavy (non-hydrogen) atoms. The van der Waals surface area contributed by atoms with Crippen molar-refractivity contribution in [2.45, 2.75) is 45.7 Å². The molecule has 1 fully saturated rings. The molecule has 1 aliphatic rings. The van der Waals surface area contributed by atoms with Gasteiger partial charge in [-0.15, -0.1) is 0 Å². The zero-order valence-electron chi connectivity index (χ0n) is 17.1. The Labute approximate surface area is 165 Å². The molecular weight excluding hydrogens is 393 g/mol. The highest BCUT2D eigenvalue weighted by Gasteiger charge is 2.32. The third kappa shape index (κ3) is 5.06. The van der Waals surface area contributed by atoms with Gasteiger partial charge in [0, 0.05) is 32.7 Å². The van der Waals surface area contributed by atoms with Crippen molar-refractivity contribution in [2.75, 3.05) is 45.9 Å². The largest absolute Gasteiger partial charge is 0.411 e. The maximum absolute atomic E-state index is 13.3. The van der Waals surface area contributed by atoms with E-state index in [2.05, 4.69) is 4.74 Å². The van der Waals surface area contributed by atoms with Crippen LogP contribution in [0.4, 0.5) is 13.2 Å². The number of ether oxygens (including phenoxy) is 1. The summed E-state index contributed by atoms with van der Waals surface area (Å²) in [4.78, 5) is 2.31. The van der Waals surface area contributed by atoms with Crippen LogP contribution in [-0.2, 0) is 14.8 Å². The van der Waals surface area contributed by atoms with E-state index in [1.165, 1.54) is 4.31 Å². The van der Waals surface area contributed by atoms with Crippen molar-refractivity contribution in [3.05, 3.63) is 27.8 Å². The molecule has 0 amide bonds. The number of rotatable bonds is 6. The van der Waals surface area contributed by atoms with Crippen LogP contribution in [-0.4, -0.2) is 69.7 Å². The summed E-state index contributed by atoms with van der Waals surface area (Å²) in [6.45, 7) is 10.2. The second-order valence-corrected chi connectivity index (χ2v) is 9.24. The second kappa shape index (κ2) is 8.69. The van der Waals surface area contributed by atoms with Crippen molar-refractivity contribution in [3.8, 4) is 0 Å². The van der Waals surface area contributed by atoms with Gasteiger partial charge in [-0.05, 0) is 62.4 Å². The maximum atomic E-state index is 13.3. The molecule has 2 rings (SSSR count). The SMILES string of the molecule is Cc1c(C)c(C)c(S(=O)(=O)N2CCN(CCOCC(F)(F)F)CC2)c(C)c1C. The van der Waals surface area contributed by atoms with Crippen LogP contribution in [0.3, 0.4) is 0 Å². The third-order valence-electron chi connectivity index (χ3n) is 5.68. The molecule has 160 valence electrons. The van der Waals surface area contributed by atoms with Crippen LogP contribution in [0, 0.1) is 34.6 Å². The Morgan fingerprint density at radius 3 is 1.79 bits per heavy atom. The molecule has 0 aliphatic carbocycles. The molecule has 1 saturated heterocycles. The van der Waals surface area contributed by atoms with E-state index < -0.39 is 22.8 Å². The molecule has 0 bridgehead atoms. The highest BCUT2D eigenvalue weighted by atomic mass is 32.2. The van der Waals surface area contributed by atoms with E-state index in [1.54, 1.807) is 0 Å². The Morgan fingerprint density at radius 1 is 0.857 bits per heavy atom. The number of piperazine rings is 1. The number of benzene rings is 1. The predicted molar refractivity (Wildman–Crippen MR) is 102 cm³/mol. The first-order valence-electron chi connectivity index (χ1n) is 9.30. The zero-order chi connectivity index (χ0) is 21.3. The lowest BCUT2D eigenvalue weighted by Crippen LogP contribution is -2.49. The molecule has 0 unspecified atom stereocenters. The van der Waals surface area contributed by atoms with Crippen molar-refractivity contribution < 1.29 is 26.3 Å². The summed E-state index contributed by atoms with van der Waals surface area (Å²) in [5, 5.41) is 0. The molecule has 1 aromatic carbocycles. The van der Waals surface area contributed by atoms with Crippen LogP contribution in [0.1, 0.15) is 27.8 Å². The van der Waals surface area contributed by atoms with E-state index in [0.29, 0.717) is 37.6 Å². The van der Waals surface area contributed by atoms with Gasteiger partial charge < -0.3 is 4.74 Å². The molecule has 0 aromatic heterocycles. The molecule has 0 saturated carbocycles. The van der Waals surface area contributed by atoms with Gasteiger partial charge in [0.05, 0.1) is 11.5 Å². The van der Waals surface area contributed by atoms with E-state index in [0.717, 1.165) is 27.8 Å². The third-order valence-corrected chi connectivity index (χ3v) is 7.85. The van der Waals surface area contributed by atoms with Crippen LogP contribution in [0.2, 0.25) is 0 Å². The van der Waals surface area contributed by atoms with Gasteiger partial charge in [0.1, 0.15) is 6.61 Å². The Balaban J connectivity index is 2.05. The van der Waals surface area contributed by atoms with Crippen molar-refractivity contribution in [3.63, 3.8) is 0 Å². The lowest BCUT2D eigenvalue weighted by Gasteiger charge is -2.34.